The molecule has 5 amide bonds. The monoisotopic (exact) mass is 655 g/mol. The van der Waals surface area contributed by atoms with E-state index in [1.54, 1.807) is 25.7 Å². The lowest BCUT2D eigenvalue weighted by atomic mass is 9.85. The Morgan fingerprint density at radius 2 is 1.66 bits per heavy atom. The number of Topliss-reactive ketones (excluding diaryl/α,β-unsaturated/α-hetero) is 1. The summed E-state index contributed by atoms with van der Waals surface area (Å²) in [5.74, 6) is -3.73. The van der Waals surface area contributed by atoms with E-state index >= 15 is 0 Å². The van der Waals surface area contributed by atoms with E-state index in [1.807, 2.05) is 34.6 Å². The Hall–Kier alpha value is -3.90. The van der Waals surface area contributed by atoms with Gasteiger partial charge in [-0.1, -0.05) is 61.3 Å². The van der Waals surface area contributed by atoms with Crippen LogP contribution in [0, 0.1) is 23.2 Å². The van der Waals surface area contributed by atoms with Gasteiger partial charge in [-0.3, -0.25) is 33.8 Å². The number of nitrogens with zero attached hydrogens (tertiary/aromatic N) is 3. The minimum Gasteiger partial charge on any atom is -0.347 e. The maximum absolute atomic E-state index is 14.4. The summed E-state index contributed by atoms with van der Waals surface area (Å²) in [5, 5.41) is 11.1. The van der Waals surface area contributed by atoms with Gasteiger partial charge in [0.25, 0.3) is 11.8 Å². The Labute approximate surface area is 278 Å². The van der Waals surface area contributed by atoms with Gasteiger partial charge in [0.05, 0.1) is 12.2 Å². The maximum Gasteiger partial charge on any atom is 0.289 e. The number of rotatable bonds is 14. The van der Waals surface area contributed by atoms with Gasteiger partial charge in [-0.15, -0.1) is 0 Å². The molecule has 1 aromatic heterocycles. The molecule has 1 saturated carbocycles. The fraction of sp³-hybridized carbons (Fsp3) is 0.706. The van der Waals surface area contributed by atoms with Crippen molar-refractivity contribution in [1.29, 1.82) is 0 Å². The van der Waals surface area contributed by atoms with Crippen molar-refractivity contribution in [2.45, 2.75) is 124 Å². The van der Waals surface area contributed by atoms with Gasteiger partial charge in [-0.2, -0.15) is 0 Å². The van der Waals surface area contributed by atoms with Crippen molar-refractivity contribution in [2.24, 2.45) is 23.2 Å². The summed E-state index contributed by atoms with van der Waals surface area (Å²) in [5.41, 5.74) is -0.694. The summed E-state index contributed by atoms with van der Waals surface area (Å²) in [7, 11) is 0. The summed E-state index contributed by atoms with van der Waals surface area (Å²) in [6.45, 7) is 15.0. The number of amides is 5. The third kappa shape index (κ3) is 9.35. The molecule has 2 fully saturated rings. The van der Waals surface area contributed by atoms with Crippen LogP contribution in [0.2, 0.25) is 0 Å². The number of hydrogen-bond donors (Lipinski definition) is 4. The minimum atomic E-state index is -1.02. The van der Waals surface area contributed by atoms with Crippen LogP contribution in [0.15, 0.2) is 18.6 Å². The molecule has 260 valence electrons. The molecule has 3 rings (SSSR count). The number of carbonyl (C=O) groups is 6. The fourth-order valence-corrected chi connectivity index (χ4v) is 6.45. The van der Waals surface area contributed by atoms with E-state index in [0.29, 0.717) is 19.4 Å². The van der Waals surface area contributed by atoms with E-state index in [4.69, 9.17) is 0 Å². The highest BCUT2D eigenvalue weighted by atomic mass is 16.2. The molecule has 13 heteroatoms. The molecule has 1 saturated heterocycles. The molecule has 4 N–H and O–H groups in total. The lowest BCUT2D eigenvalue weighted by Gasteiger charge is -2.37. The van der Waals surface area contributed by atoms with Crippen molar-refractivity contribution in [3.05, 3.63) is 24.3 Å². The molecule has 1 aliphatic carbocycles. The van der Waals surface area contributed by atoms with E-state index in [0.717, 1.165) is 19.3 Å². The minimum absolute atomic E-state index is 0.0593. The highest BCUT2D eigenvalue weighted by molar-refractivity contribution is 6.38. The fourth-order valence-electron chi connectivity index (χ4n) is 6.45. The quantitative estimate of drug-likeness (QED) is 0.220. The molecule has 1 unspecified atom stereocenters. The molecule has 13 nitrogen and oxygen atoms in total. The average molecular weight is 656 g/mol. The van der Waals surface area contributed by atoms with Gasteiger partial charge in [-0.05, 0) is 55.8 Å². The van der Waals surface area contributed by atoms with Crippen LogP contribution in [-0.2, 0) is 24.0 Å². The Morgan fingerprint density at radius 3 is 2.23 bits per heavy atom. The number of carbonyl (C=O) groups excluding carboxylic acids is 6. The van der Waals surface area contributed by atoms with E-state index in [9.17, 15) is 28.8 Å². The molecule has 2 heterocycles. The van der Waals surface area contributed by atoms with E-state index in [1.165, 1.54) is 18.6 Å². The number of likely N-dealkylation sites (tertiary alicyclic amines) is 1. The second kappa shape index (κ2) is 16.3. The number of ketones is 1. The number of fused-ring (bicyclic) bond motifs is 1. The lowest BCUT2D eigenvalue weighted by Crippen LogP contribution is -2.62. The number of nitrogens with one attached hydrogen (secondary N) is 4. The molecule has 1 aromatic rings. The van der Waals surface area contributed by atoms with E-state index < -0.39 is 64.9 Å². The van der Waals surface area contributed by atoms with Gasteiger partial charge in [0.15, 0.2) is 0 Å². The molecule has 7 atom stereocenters. The van der Waals surface area contributed by atoms with Crippen LogP contribution in [0.1, 0.15) is 104 Å². The smallest absolute Gasteiger partial charge is 0.289 e. The topological polar surface area (TPSA) is 180 Å². The van der Waals surface area contributed by atoms with Crippen molar-refractivity contribution >= 4 is 35.3 Å². The van der Waals surface area contributed by atoms with Gasteiger partial charge >= 0.3 is 0 Å². The van der Waals surface area contributed by atoms with Crippen molar-refractivity contribution in [3.8, 4) is 0 Å². The van der Waals surface area contributed by atoms with Crippen molar-refractivity contribution < 1.29 is 28.8 Å². The summed E-state index contributed by atoms with van der Waals surface area (Å²) in [6, 6.07) is -4.04. The summed E-state index contributed by atoms with van der Waals surface area (Å²) < 4.78 is 0. The molecule has 0 radical (unpaired) electrons. The van der Waals surface area contributed by atoms with Crippen LogP contribution >= 0.6 is 0 Å². The second-order valence-corrected chi connectivity index (χ2v) is 14.4. The second-order valence-electron chi connectivity index (χ2n) is 14.4. The van der Waals surface area contributed by atoms with Gasteiger partial charge in [0.1, 0.15) is 23.8 Å². The molecule has 47 heavy (non-hydrogen) atoms. The van der Waals surface area contributed by atoms with Crippen molar-refractivity contribution in [2.75, 3.05) is 6.54 Å². The van der Waals surface area contributed by atoms with Crippen LogP contribution in [0.4, 0.5) is 0 Å². The molecule has 0 spiro atoms. The van der Waals surface area contributed by atoms with Crippen LogP contribution in [0.25, 0.3) is 0 Å². The number of hydrogen-bond acceptors (Lipinski definition) is 8. The third-order valence-electron chi connectivity index (χ3n) is 9.30. The lowest BCUT2D eigenvalue weighted by molar-refractivity contribution is -0.146. The predicted octanol–water partition coefficient (Wildman–Crippen LogP) is 2.16. The van der Waals surface area contributed by atoms with Gasteiger partial charge in [0.2, 0.25) is 23.5 Å². The Morgan fingerprint density at radius 1 is 0.957 bits per heavy atom. The first-order chi connectivity index (χ1) is 22.1. The van der Waals surface area contributed by atoms with Gasteiger partial charge < -0.3 is 26.2 Å². The normalized spacial score (nSPS) is 21.6. The summed E-state index contributed by atoms with van der Waals surface area (Å²) in [4.78, 5) is 90.3. The highest BCUT2D eigenvalue weighted by Gasteiger charge is 2.52. The van der Waals surface area contributed by atoms with Gasteiger partial charge in [0, 0.05) is 25.0 Å². The molecular weight excluding hydrogens is 602 g/mol. The zero-order valence-electron chi connectivity index (χ0n) is 29.1. The Balaban J connectivity index is 1.85. The van der Waals surface area contributed by atoms with Crippen molar-refractivity contribution in [3.63, 3.8) is 0 Å². The Kier molecular flexibility index (Phi) is 13.0. The number of aromatic nitrogens is 2. The first kappa shape index (κ1) is 37.6. The van der Waals surface area contributed by atoms with Crippen LogP contribution in [-0.4, -0.2) is 86.9 Å². The highest BCUT2D eigenvalue weighted by Crippen LogP contribution is 2.43. The van der Waals surface area contributed by atoms with Crippen LogP contribution in [0.5, 0.6) is 0 Å². The molecular formula is C34H53N7O6. The standard InChI is InChI=1S/C34H53N7O6/c1-9-12-23(27(42)32(46)37-20(5)10-2)38-31(45)26-22-14-11-13-21(22)18-41(26)33(47)28(34(6,7)8)40-30(44)25(19(3)4)39-29(43)24-17-35-15-16-36-24/h15-17,19-23,25-26,28H,9-14,18H2,1-8H3,(H,37,46)(H,38,45)(H,39,43)(H,40,44)/t20?,21-,22-,23-,25-,26-,28+/m0/s1. The van der Waals surface area contributed by atoms with E-state index in [-0.39, 0.29) is 35.9 Å². The third-order valence-corrected chi connectivity index (χ3v) is 9.30. The molecule has 2 aliphatic rings. The van der Waals surface area contributed by atoms with Crippen LogP contribution < -0.4 is 21.3 Å². The average Bonchev–Trinajstić information content (AvgIpc) is 3.62. The Bertz CT molecular complexity index is 1300. The predicted molar refractivity (Wildman–Crippen MR) is 176 cm³/mol. The maximum atomic E-state index is 14.4. The van der Waals surface area contributed by atoms with E-state index in [2.05, 4.69) is 31.2 Å². The first-order valence-electron chi connectivity index (χ1n) is 16.9. The van der Waals surface area contributed by atoms with Gasteiger partial charge in [-0.25, -0.2) is 4.98 Å². The SMILES string of the molecule is CCC[C@H](NC(=O)[C@@H]1[C@H]2CCC[C@H]2CN1C(=O)[C@@H](NC(=O)[C@@H](NC(=O)c1cnccn1)C(C)C)C(C)(C)C)C(=O)C(=O)NC(C)CC. The molecule has 0 aromatic carbocycles. The molecule has 0 bridgehead atoms. The van der Waals surface area contributed by atoms with Crippen LogP contribution in [0.3, 0.4) is 0 Å². The molecule has 1 aliphatic heterocycles. The largest absolute Gasteiger partial charge is 0.347 e. The van der Waals surface area contributed by atoms with Crippen molar-refractivity contribution in [1.82, 2.24) is 36.1 Å². The first-order valence-corrected chi connectivity index (χ1v) is 16.9. The summed E-state index contributed by atoms with van der Waals surface area (Å²) in [6.07, 6.45) is 8.18. The zero-order valence-corrected chi connectivity index (χ0v) is 29.1. The summed E-state index contributed by atoms with van der Waals surface area (Å²) >= 11 is 0. The zero-order chi connectivity index (χ0) is 35.1.